The molecule has 0 atom stereocenters. The van der Waals surface area contributed by atoms with E-state index in [2.05, 4.69) is 21.4 Å². The van der Waals surface area contributed by atoms with Gasteiger partial charge >= 0.3 is 5.97 Å². The first kappa shape index (κ1) is 16.2. The summed E-state index contributed by atoms with van der Waals surface area (Å²) in [6.45, 7) is 3.54. The lowest BCUT2D eigenvalue weighted by molar-refractivity contribution is 0.0732. The lowest BCUT2D eigenvalue weighted by atomic mass is 10.1. The summed E-state index contributed by atoms with van der Waals surface area (Å²) in [6, 6.07) is 10.2. The molecule has 0 unspecified atom stereocenters. The van der Waals surface area contributed by atoms with E-state index in [-0.39, 0.29) is 0 Å². The van der Waals surface area contributed by atoms with Crippen molar-refractivity contribution in [3.05, 3.63) is 63.1 Å². The number of hydrogen-bond acceptors (Lipinski definition) is 4. The summed E-state index contributed by atoms with van der Waals surface area (Å²) in [7, 11) is 0. The van der Waals surface area contributed by atoms with Crippen LogP contribution in [0.3, 0.4) is 0 Å². The molecule has 0 bridgehead atoms. The first-order chi connectivity index (χ1) is 10.4. The zero-order valence-electron chi connectivity index (χ0n) is 12.1. The van der Waals surface area contributed by atoms with Gasteiger partial charge in [-0.15, -0.1) is 0 Å². The number of benzene rings is 2. The van der Waals surface area contributed by atoms with Crippen LogP contribution in [0.25, 0.3) is 0 Å². The van der Waals surface area contributed by atoms with Gasteiger partial charge in [0.15, 0.2) is 0 Å². The van der Waals surface area contributed by atoms with Gasteiger partial charge in [-0.05, 0) is 55.3 Å². The van der Waals surface area contributed by atoms with Crippen molar-refractivity contribution < 1.29 is 14.3 Å². The molecule has 0 radical (unpaired) electrons. The van der Waals surface area contributed by atoms with E-state index in [1.54, 1.807) is 44.2 Å². The molecule has 114 valence electrons. The summed E-state index contributed by atoms with van der Waals surface area (Å²) in [5.74, 6) is 4.72. The summed E-state index contributed by atoms with van der Waals surface area (Å²) < 4.78 is 6.26. The van der Waals surface area contributed by atoms with E-state index in [9.17, 15) is 9.59 Å². The summed E-state index contributed by atoms with van der Waals surface area (Å²) >= 11 is 3.31. The van der Waals surface area contributed by atoms with Gasteiger partial charge in [0.25, 0.3) is 5.91 Å². The third kappa shape index (κ3) is 3.52. The molecule has 0 saturated heterocycles. The summed E-state index contributed by atoms with van der Waals surface area (Å²) in [5.41, 5.74) is 4.30. The van der Waals surface area contributed by atoms with Crippen molar-refractivity contribution in [1.82, 2.24) is 5.43 Å². The Balaban J connectivity index is 2.30. The normalized spacial score (nSPS) is 10.2. The van der Waals surface area contributed by atoms with Crippen molar-refractivity contribution in [2.24, 2.45) is 5.84 Å². The summed E-state index contributed by atoms with van der Waals surface area (Å²) in [4.78, 5) is 23.8. The number of nitrogens with two attached hydrogens (primary N) is 1. The van der Waals surface area contributed by atoms with Crippen molar-refractivity contribution in [2.45, 2.75) is 13.8 Å². The van der Waals surface area contributed by atoms with E-state index in [1.165, 1.54) is 0 Å². The van der Waals surface area contributed by atoms with E-state index in [4.69, 9.17) is 10.6 Å². The minimum atomic E-state index is -0.455. The molecule has 6 heteroatoms. The lowest BCUT2D eigenvalue weighted by Gasteiger charge is -2.12. The second kappa shape index (κ2) is 6.72. The van der Waals surface area contributed by atoms with Gasteiger partial charge in [0.05, 0.1) is 5.56 Å². The van der Waals surface area contributed by atoms with Crippen LogP contribution in [0.1, 0.15) is 31.8 Å². The summed E-state index contributed by atoms with van der Waals surface area (Å²) in [6.07, 6.45) is 0. The van der Waals surface area contributed by atoms with Crippen LogP contribution in [-0.4, -0.2) is 11.9 Å². The first-order valence-electron chi connectivity index (χ1n) is 6.52. The predicted molar refractivity (Wildman–Crippen MR) is 86.7 cm³/mol. The zero-order chi connectivity index (χ0) is 16.3. The van der Waals surface area contributed by atoms with E-state index in [0.29, 0.717) is 28.0 Å². The average molecular weight is 363 g/mol. The SMILES string of the molecule is Cc1cc(C(=O)NN)cc(C)c1OC(=O)c1cccc(Br)c1. The number of ether oxygens (including phenoxy) is 1. The minimum Gasteiger partial charge on any atom is -0.422 e. The quantitative estimate of drug-likeness (QED) is 0.289. The van der Waals surface area contributed by atoms with Crippen molar-refractivity contribution in [2.75, 3.05) is 0 Å². The number of carbonyl (C=O) groups excluding carboxylic acids is 2. The molecule has 0 aromatic heterocycles. The second-order valence-corrected chi connectivity index (χ2v) is 5.73. The van der Waals surface area contributed by atoms with Gasteiger partial charge < -0.3 is 4.74 Å². The molecule has 0 fully saturated rings. The maximum atomic E-state index is 12.2. The van der Waals surface area contributed by atoms with Gasteiger partial charge in [0.1, 0.15) is 5.75 Å². The highest BCUT2D eigenvalue weighted by Gasteiger charge is 2.15. The Labute approximate surface area is 136 Å². The fourth-order valence-electron chi connectivity index (χ4n) is 2.09. The van der Waals surface area contributed by atoms with Crippen molar-refractivity contribution in [3.63, 3.8) is 0 Å². The maximum absolute atomic E-state index is 12.2. The van der Waals surface area contributed by atoms with Crippen LogP contribution in [0.2, 0.25) is 0 Å². The van der Waals surface area contributed by atoms with Crippen LogP contribution in [0.4, 0.5) is 0 Å². The second-order valence-electron chi connectivity index (χ2n) is 4.81. The Hall–Kier alpha value is -2.18. The number of esters is 1. The van der Waals surface area contributed by atoms with Crippen LogP contribution in [0.5, 0.6) is 5.75 Å². The number of aryl methyl sites for hydroxylation is 2. The fourth-order valence-corrected chi connectivity index (χ4v) is 2.49. The molecule has 22 heavy (non-hydrogen) atoms. The molecule has 2 aromatic rings. The number of halogens is 1. The molecule has 2 rings (SSSR count). The molecule has 0 aliphatic heterocycles. The molecular weight excluding hydrogens is 348 g/mol. The van der Waals surface area contributed by atoms with E-state index in [0.717, 1.165) is 4.47 Å². The Morgan fingerprint density at radius 2 is 1.73 bits per heavy atom. The number of hydrogen-bond donors (Lipinski definition) is 2. The van der Waals surface area contributed by atoms with Gasteiger partial charge in [0.2, 0.25) is 0 Å². The van der Waals surface area contributed by atoms with Crippen LogP contribution < -0.4 is 16.0 Å². The Morgan fingerprint density at radius 1 is 1.09 bits per heavy atom. The molecule has 0 heterocycles. The molecule has 0 aliphatic carbocycles. The van der Waals surface area contributed by atoms with Crippen LogP contribution in [0, 0.1) is 13.8 Å². The van der Waals surface area contributed by atoms with Crippen LogP contribution in [0.15, 0.2) is 40.9 Å². The maximum Gasteiger partial charge on any atom is 0.343 e. The van der Waals surface area contributed by atoms with Crippen LogP contribution >= 0.6 is 15.9 Å². The molecule has 1 amide bonds. The van der Waals surface area contributed by atoms with Crippen molar-refractivity contribution >= 4 is 27.8 Å². The fraction of sp³-hybridized carbons (Fsp3) is 0.125. The van der Waals surface area contributed by atoms with Gasteiger partial charge in [0, 0.05) is 10.0 Å². The van der Waals surface area contributed by atoms with Gasteiger partial charge in [-0.2, -0.15) is 0 Å². The Morgan fingerprint density at radius 3 is 2.27 bits per heavy atom. The first-order valence-corrected chi connectivity index (χ1v) is 7.31. The van der Waals surface area contributed by atoms with E-state index in [1.807, 2.05) is 6.07 Å². The standard InChI is InChI=1S/C16H15BrN2O3/c1-9-6-12(15(20)19-18)7-10(2)14(9)22-16(21)11-4-3-5-13(17)8-11/h3-8H,18H2,1-2H3,(H,19,20). The van der Waals surface area contributed by atoms with Gasteiger partial charge in [-0.3, -0.25) is 10.2 Å². The summed E-state index contributed by atoms with van der Waals surface area (Å²) in [5, 5.41) is 0. The highest BCUT2D eigenvalue weighted by molar-refractivity contribution is 9.10. The molecule has 0 aliphatic rings. The number of carbonyl (C=O) groups is 2. The molecule has 0 spiro atoms. The molecular formula is C16H15BrN2O3. The smallest absolute Gasteiger partial charge is 0.343 e. The van der Waals surface area contributed by atoms with Crippen LogP contribution in [-0.2, 0) is 0 Å². The highest BCUT2D eigenvalue weighted by atomic mass is 79.9. The minimum absolute atomic E-state index is 0.393. The largest absolute Gasteiger partial charge is 0.422 e. The Kier molecular flexibility index (Phi) is 4.95. The predicted octanol–water partition coefficient (Wildman–Crippen LogP) is 2.89. The number of amides is 1. The zero-order valence-corrected chi connectivity index (χ0v) is 13.7. The van der Waals surface area contributed by atoms with E-state index < -0.39 is 11.9 Å². The molecule has 5 nitrogen and oxygen atoms in total. The van der Waals surface area contributed by atoms with Crippen molar-refractivity contribution in [1.29, 1.82) is 0 Å². The van der Waals surface area contributed by atoms with Gasteiger partial charge in [-0.25, -0.2) is 10.6 Å². The monoisotopic (exact) mass is 362 g/mol. The topological polar surface area (TPSA) is 81.4 Å². The third-order valence-corrected chi connectivity index (χ3v) is 3.60. The average Bonchev–Trinajstić information content (AvgIpc) is 2.49. The number of rotatable bonds is 3. The third-order valence-electron chi connectivity index (χ3n) is 3.11. The Bertz CT molecular complexity index is 721. The number of nitrogens with one attached hydrogen (secondary N) is 1. The number of hydrazine groups is 1. The molecule has 2 aromatic carbocycles. The molecule has 0 saturated carbocycles. The molecule has 3 N–H and O–H groups in total. The van der Waals surface area contributed by atoms with Crippen molar-refractivity contribution in [3.8, 4) is 5.75 Å². The number of nitrogen functional groups attached to an aromatic ring is 1. The van der Waals surface area contributed by atoms with Gasteiger partial charge in [-0.1, -0.05) is 22.0 Å². The van der Waals surface area contributed by atoms with E-state index >= 15 is 0 Å². The lowest BCUT2D eigenvalue weighted by Crippen LogP contribution is -2.30. The highest BCUT2D eigenvalue weighted by Crippen LogP contribution is 2.26.